The minimum atomic E-state index is -2.35. The number of hydrogen-bond donors (Lipinski definition) is 2. The maximum Gasteiger partial charge on any atom is 0.339 e. The summed E-state index contributed by atoms with van der Waals surface area (Å²) in [5.74, 6) is -13.3. The van der Waals surface area contributed by atoms with Crippen LogP contribution in [0.3, 0.4) is 0 Å². The minimum absolute atomic E-state index is 0.0408. The number of ether oxygens (including phenoxy) is 1. The summed E-state index contributed by atoms with van der Waals surface area (Å²) < 4.78 is 59.4. The molecule has 0 aliphatic rings. The third-order valence-corrected chi connectivity index (χ3v) is 3.82. The Morgan fingerprint density at radius 2 is 1.48 bits per heavy atom. The largest absolute Gasteiger partial charge is 0.478 e. The number of halogens is 4. The van der Waals surface area contributed by atoms with Gasteiger partial charge in [0.05, 0.1) is 17.7 Å². The molecule has 0 heterocycles. The van der Waals surface area contributed by atoms with Crippen molar-refractivity contribution in [1.82, 2.24) is 0 Å². The Morgan fingerprint density at radius 3 is 2.00 bits per heavy atom. The summed E-state index contributed by atoms with van der Waals surface area (Å²) in [7, 11) is 0. The summed E-state index contributed by atoms with van der Waals surface area (Å²) in [5.41, 5.74) is -3.04. The molecule has 0 unspecified atom stereocenters. The van der Waals surface area contributed by atoms with E-state index in [0.29, 0.717) is 6.42 Å². The Hall–Kier alpha value is -3.43. The molecule has 0 aliphatic carbocycles. The van der Waals surface area contributed by atoms with Gasteiger partial charge in [-0.15, -0.1) is 0 Å². The molecule has 0 aromatic heterocycles. The topological polar surface area (TPSA) is 92.7 Å². The van der Waals surface area contributed by atoms with Crippen molar-refractivity contribution >= 4 is 23.5 Å². The summed E-state index contributed by atoms with van der Waals surface area (Å²) in [6.07, 6.45) is 1.51. The average Bonchev–Trinajstić information content (AvgIpc) is 2.69. The number of amides is 1. The second-order valence-electron chi connectivity index (χ2n) is 5.83. The van der Waals surface area contributed by atoms with E-state index in [2.05, 4.69) is 0 Å². The molecule has 2 rings (SSSR count). The van der Waals surface area contributed by atoms with Crippen molar-refractivity contribution in [3.8, 4) is 0 Å². The van der Waals surface area contributed by atoms with Gasteiger partial charge in [0.15, 0.2) is 23.3 Å². The fraction of sp³-hybridized carbons (Fsp3) is 0.211. The summed E-state index contributed by atoms with van der Waals surface area (Å²) >= 11 is 0. The van der Waals surface area contributed by atoms with Crippen molar-refractivity contribution in [3.05, 3.63) is 64.2 Å². The van der Waals surface area contributed by atoms with Crippen LogP contribution < -0.4 is 5.32 Å². The van der Waals surface area contributed by atoms with Crippen LogP contribution in [0.4, 0.5) is 23.2 Å². The lowest BCUT2D eigenvalue weighted by atomic mass is 10.0. The molecule has 0 saturated heterocycles. The molecule has 10 heteroatoms. The molecule has 0 atom stereocenters. The third kappa shape index (κ3) is 4.71. The number of aromatic carboxylic acids is 1. The van der Waals surface area contributed by atoms with Gasteiger partial charge in [-0.25, -0.2) is 27.2 Å². The van der Waals surface area contributed by atoms with Gasteiger partial charge in [0.2, 0.25) is 0 Å². The van der Waals surface area contributed by atoms with Gasteiger partial charge < -0.3 is 15.2 Å². The van der Waals surface area contributed by atoms with Crippen LogP contribution in [0.25, 0.3) is 0 Å². The van der Waals surface area contributed by atoms with Crippen LogP contribution in [-0.2, 0) is 4.74 Å². The molecule has 2 aromatic carbocycles. The molecule has 2 N–H and O–H groups in total. The average molecular weight is 413 g/mol. The third-order valence-electron chi connectivity index (χ3n) is 3.82. The molecular weight excluding hydrogens is 398 g/mol. The quantitative estimate of drug-likeness (QED) is 0.234. The summed E-state index contributed by atoms with van der Waals surface area (Å²) in [5, 5.41) is 11.0. The molecule has 0 fully saturated rings. The van der Waals surface area contributed by atoms with Crippen LogP contribution in [-0.4, -0.2) is 29.6 Å². The van der Waals surface area contributed by atoms with E-state index in [1.807, 2.05) is 12.2 Å². The minimum Gasteiger partial charge on any atom is -0.478 e. The first-order valence-electron chi connectivity index (χ1n) is 8.36. The molecule has 154 valence electrons. The van der Waals surface area contributed by atoms with Gasteiger partial charge in [-0.3, -0.25) is 4.79 Å². The lowest BCUT2D eigenvalue weighted by molar-refractivity contribution is 0.0499. The Balaban J connectivity index is 2.27. The smallest absolute Gasteiger partial charge is 0.339 e. The van der Waals surface area contributed by atoms with Crippen molar-refractivity contribution in [2.24, 2.45) is 0 Å². The van der Waals surface area contributed by atoms with E-state index in [9.17, 15) is 31.9 Å². The molecule has 0 bridgehead atoms. The zero-order chi connectivity index (χ0) is 21.7. The fourth-order valence-electron chi connectivity index (χ4n) is 2.32. The Kier molecular flexibility index (Phi) is 6.92. The van der Waals surface area contributed by atoms with Gasteiger partial charge in [0.1, 0.15) is 5.56 Å². The van der Waals surface area contributed by atoms with E-state index in [1.165, 1.54) is 24.3 Å². The van der Waals surface area contributed by atoms with Gasteiger partial charge in [-0.2, -0.15) is 0 Å². The number of esters is 1. The maximum absolute atomic E-state index is 14.0. The van der Waals surface area contributed by atoms with Crippen LogP contribution in [0.2, 0.25) is 0 Å². The van der Waals surface area contributed by atoms with Gasteiger partial charge in [0.25, 0.3) is 5.91 Å². The highest BCUT2D eigenvalue weighted by atomic mass is 19.2. The Bertz CT molecular complexity index is 960. The Labute approximate surface area is 162 Å². The molecule has 0 aliphatic heterocycles. The number of benzene rings is 2. The maximum atomic E-state index is 14.0. The van der Waals surface area contributed by atoms with Crippen molar-refractivity contribution in [1.29, 1.82) is 0 Å². The number of nitrogens with one attached hydrogen (secondary N) is 1. The zero-order valence-corrected chi connectivity index (χ0v) is 15.0. The molecule has 29 heavy (non-hydrogen) atoms. The van der Waals surface area contributed by atoms with Crippen molar-refractivity contribution in [3.63, 3.8) is 0 Å². The number of unbranched alkanes of at least 4 members (excludes halogenated alkanes) is 1. The Morgan fingerprint density at radius 1 is 0.931 bits per heavy atom. The number of hydrogen-bond acceptors (Lipinski definition) is 4. The van der Waals surface area contributed by atoms with Crippen LogP contribution in [0.15, 0.2) is 24.3 Å². The number of rotatable bonds is 7. The van der Waals surface area contributed by atoms with E-state index in [0.717, 1.165) is 6.42 Å². The predicted octanol–water partition coefficient (Wildman–Crippen LogP) is 4.15. The van der Waals surface area contributed by atoms with Crippen LogP contribution in [0.5, 0.6) is 0 Å². The molecule has 1 amide bonds. The molecule has 2 aromatic rings. The van der Waals surface area contributed by atoms with Crippen molar-refractivity contribution in [2.45, 2.75) is 19.8 Å². The summed E-state index contributed by atoms with van der Waals surface area (Å²) in [6, 6.07) is 4.96. The summed E-state index contributed by atoms with van der Waals surface area (Å²) in [4.78, 5) is 35.1. The fourth-order valence-corrected chi connectivity index (χ4v) is 2.32. The van der Waals surface area contributed by atoms with Crippen LogP contribution in [0.1, 0.15) is 50.8 Å². The molecule has 6 nitrogen and oxygen atoms in total. The van der Waals surface area contributed by atoms with Gasteiger partial charge in [0, 0.05) is 5.69 Å². The predicted molar refractivity (Wildman–Crippen MR) is 92.8 cm³/mol. The highest BCUT2D eigenvalue weighted by molar-refractivity contribution is 6.11. The van der Waals surface area contributed by atoms with E-state index in [1.54, 1.807) is 0 Å². The first-order chi connectivity index (χ1) is 13.7. The van der Waals surface area contributed by atoms with Gasteiger partial charge in [-0.1, -0.05) is 13.3 Å². The highest BCUT2D eigenvalue weighted by Crippen LogP contribution is 2.25. The van der Waals surface area contributed by atoms with Crippen LogP contribution >= 0.6 is 0 Å². The molecule has 0 radical (unpaired) electrons. The standard InChI is InChI=1S/C19H15F4NO5/c1-2-3-8-29-19(28)9-4-6-10(7-5-9)24-17(25)11-12(18(26)27)14(21)16(23)15(22)13(11)20/h4-7H,2-3,8H2,1H3,(H,24,25)(H,26,27). The van der Waals surface area contributed by atoms with E-state index in [4.69, 9.17) is 9.84 Å². The van der Waals surface area contributed by atoms with E-state index in [-0.39, 0.29) is 17.9 Å². The molecule has 0 spiro atoms. The second-order valence-corrected chi connectivity index (χ2v) is 5.83. The molecular formula is C19H15F4NO5. The van der Waals surface area contributed by atoms with Gasteiger partial charge >= 0.3 is 11.9 Å². The highest BCUT2D eigenvalue weighted by Gasteiger charge is 2.32. The van der Waals surface area contributed by atoms with E-state index >= 15 is 0 Å². The summed E-state index contributed by atoms with van der Waals surface area (Å²) in [6.45, 7) is 2.15. The number of anilines is 1. The number of carboxylic acid groups (broad SMARTS) is 1. The van der Waals surface area contributed by atoms with E-state index < -0.39 is 52.2 Å². The van der Waals surface area contributed by atoms with Crippen molar-refractivity contribution in [2.75, 3.05) is 11.9 Å². The lowest BCUT2D eigenvalue weighted by Gasteiger charge is -2.11. The zero-order valence-electron chi connectivity index (χ0n) is 15.0. The normalized spacial score (nSPS) is 10.5. The number of carboxylic acids is 1. The van der Waals surface area contributed by atoms with Gasteiger partial charge in [-0.05, 0) is 30.7 Å². The SMILES string of the molecule is CCCCOC(=O)c1ccc(NC(=O)c2c(F)c(F)c(F)c(F)c2C(=O)O)cc1. The first-order valence-corrected chi connectivity index (χ1v) is 8.36. The molecule has 0 saturated carbocycles. The van der Waals surface area contributed by atoms with Crippen molar-refractivity contribution < 1.29 is 41.8 Å². The second kappa shape index (κ2) is 9.18. The number of carbonyl (C=O) groups excluding carboxylic acids is 2. The number of carbonyl (C=O) groups is 3. The first kappa shape index (κ1) is 21.9. The lowest BCUT2D eigenvalue weighted by Crippen LogP contribution is -2.22. The monoisotopic (exact) mass is 413 g/mol. The van der Waals surface area contributed by atoms with Crippen LogP contribution in [0, 0.1) is 23.3 Å².